The van der Waals surface area contributed by atoms with Crippen molar-refractivity contribution in [3.8, 4) is 0 Å². The van der Waals surface area contributed by atoms with Gasteiger partial charge in [-0.25, -0.2) is 4.90 Å². The van der Waals surface area contributed by atoms with Crippen LogP contribution in [0.2, 0.25) is 0 Å². The first kappa shape index (κ1) is 23.3. The van der Waals surface area contributed by atoms with Crippen LogP contribution in [0.4, 0.5) is 11.4 Å². The standard InChI is InChI=1S/C25H20BrN3O5/c1-16-2-4-17(5-3-16)15-27(24(31)18-6-10-21(11-7-18)29(33)34)22-14-23(30)28(25(22)32)20-12-8-19(26)9-13-20/h2-13,22H,14-15H2,1H3. The third-order valence-corrected chi connectivity index (χ3v) is 6.17. The van der Waals surface area contributed by atoms with Gasteiger partial charge in [-0.3, -0.25) is 24.5 Å². The molecule has 1 saturated heterocycles. The summed E-state index contributed by atoms with van der Waals surface area (Å²) in [4.78, 5) is 52.6. The van der Waals surface area contributed by atoms with E-state index in [1.54, 1.807) is 24.3 Å². The molecule has 1 heterocycles. The normalized spacial score (nSPS) is 15.5. The fourth-order valence-electron chi connectivity index (χ4n) is 3.83. The lowest BCUT2D eigenvalue weighted by atomic mass is 10.1. The van der Waals surface area contributed by atoms with Crippen molar-refractivity contribution in [3.05, 3.63) is 104 Å². The highest BCUT2D eigenvalue weighted by molar-refractivity contribution is 9.10. The Morgan fingerprint density at radius 2 is 1.65 bits per heavy atom. The molecule has 1 unspecified atom stereocenters. The number of nitrogens with zero attached hydrogens (tertiary/aromatic N) is 3. The minimum absolute atomic E-state index is 0.105. The topological polar surface area (TPSA) is 101 Å². The largest absolute Gasteiger partial charge is 0.322 e. The highest BCUT2D eigenvalue weighted by Gasteiger charge is 2.44. The Hall–Kier alpha value is -3.85. The fraction of sp³-hybridized carbons (Fsp3) is 0.160. The van der Waals surface area contributed by atoms with Crippen LogP contribution in [-0.4, -0.2) is 33.6 Å². The number of benzene rings is 3. The molecule has 8 nitrogen and oxygen atoms in total. The molecule has 3 amide bonds. The molecule has 0 aromatic heterocycles. The first-order chi connectivity index (χ1) is 16.2. The van der Waals surface area contributed by atoms with Gasteiger partial charge in [-0.15, -0.1) is 0 Å². The Morgan fingerprint density at radius 1 is 1.03 bits per heavy atom. The van der Waals surface area contributed by atoms with Crippen molar-refractivity contribution in [2.24, 2.45) is 0 Å². The minimum atomic E-state index is -1.000. The maximum atomic E-state index is 13.5. The van der Waals surface area contributed by atoms with Crippen LogP contribution in [0.15, 0.2) is 77.3 Å². The molecule has 1 aliphatic heterocycles. The average Bonchev–Trinajstić information content (AvgIpc) is 3.12. The second-order valence-electron chi connectivity index (χ2n) is 7.99. The van der Waals surface area contributed by atoms with Crippen LogP contribution in [0.3, 0.4) is 0 Å². The van der Waals surface area contributed by atoms with Gasteiger partial charge in [0, 0.05) is 28.7 Å². The van der Waals surface area contributed by atoms with Crippen molar-refractivity contribution in [1.29, 1.82) is 0 Å². The molecule has 34 heavy (non-hydrogen) atoms. The molecule has 0 spiro atoms. The second-order valence-corrected chi connectivity index (χ2v) is 8.90. The molecule has 172 valence electrons. The van der Waals surface area contributed by atoms with Gasteiger partial charge in [-0.2, -0.15) is 0 Å². The van der Waals surface area contributed by atoms with E-state index < -0.39 is 28.7 Å². The summed E-state index contributed by atoms with van der Waals surface area (Å²) >= 11 is 3.34. The molecule has 0 bridgehead atoms. The molecule has 3 aromatic carbocycles. The van der Waals surface area contributed by atoms with Crippen LogP contribution in [0.25, 0.3) is 0 Å². The Morgan fingerprint density at radius 3 is 2.24 bits per heavy atom. The van der Waals surface area contributed by atoms with Gasteiger partial charge in [0.15, 0.2) is 0 Å². The quantitative estimate of drug-likeness (QED) is 0.267. The molecule has 1 atom stereocenters. The van der Waals surface area contributed by atoms with E-state index in [2.05, 4.69) is 15.9 Å². The van der Waals surface area contributed by atoms with Crippen molar-refractivity contribution < 1.29 is 19.3 Å². The number of nitro benzene ring substituents is 1. The highest BCUT2D eigenvalue weighted by Crippen LogP contribution is 2.29. The van der Waals surface area contributed by atoms with Gasteiger partial charge in [-0.05, 0) is 48.9 Å². The van der Waals surface area contributed by atoms with E-state index in [1.165, 1.54) is 29.2 Å². The number of non-ortho nitro benzene ring substituents is 1. The van der Waals surface area contributed by atoms with Crippen molar-refractivity contribution in [2.45, 2.75) is 25.9 Å². The zero-order chi connectivity index (χ0) is 24.4. The molecular formula is C25H20BrN3O5. The van der Waals surface area contributed by atoms with Crippen LogP contribution in [0, 0.1) is 17.0 Å². The Bertz CT molecular complexity index is 1260. The SMILES string of the molecule is Cc1ccc(CN(C(=O)c2ccc([N+](=O)[O-])cc2)C2CC(=O)N(c3ccc(Br)cc3)C2=O)cc1. The maximum Gasteiger partial charge on any atom is 0.269 e. The molecule has 0 radical (unpaired) electrons. The molecule has 4 rings (SSSR count). The van der Waals surface area contributed by atoms with Gasteiger partial charge < -0.3 is 4.90 Å². The van der Waals surface area contributed by atoms with Crippen LogP contribution in [0.5, 0.6) is 0 Å². The molecule has 9 heteroatoms. The molecule has 0 aliphatic carbocycles. The average molecular weight is 522 g/mol. The first-order valence-electron chi connectivity index (χ1n) is 10.5. The van der Waals surface area contributed by atoms with E-state index in [0.717, 1.165) is 20.5 Å². The fourth-order valence-corrected chi connectivity index (χ4v) is 4.09. The lowest BCUT2D eigenvalue weighted by molar-refractivity contribution is -0.384. The maximum absolute atomic E-state index is 13.5. The predicted octanol–water partition coefficient (Wildman–Crippen LogP) is 4.64. The number of hydrogen-bond acceptors (Lipinski definition) is 5. The third-order valence-electron chi connectivity index (χ3n) is 5.64. The first-order valence-corrected chi connectivity index (χ1v) is 11.3. The van der Waals surface area contributed by atoms with E-state index in [4.69, 9.17) is 0 Å². The van der Waals surface area contributed by atoms with Crippen LogP contribution in [0.1, 0.15) is 27.9 Å². The van der Waals surface area contributed by atoms with Crippen LogP contribution >= 0.6 is 15.9 Å². The van der Waals surface area contributed by atoms with E-state index >= 15 is 0 Å². The summed E-state index contributed by atoms with van der Waals surface area (Å²) in [6.07, 6.45) is -0.153. The summed E-state index contributed by atoms with van der Waals surface area (Å²) in [5.74, 6) is -1.38. The number of imide groups is 1. The molecule has 0 N–H and O–H groups in total. The number of rotatable bonds is 6. The predicted molar refractivity (Wildman–Crippen MR) is 129 cm³/mol. The summed E-state index contributed by atoms with van der Waals surface area (Å²) in [7, 11) is 0. The van der Waals surface area contributed by atoms with Crippen molar-refractivity contribution in [2.75, 3.05) is 4.90 Å². The summed E-state index contributed by atoms with van der Waals surface area (Å²) in [5.41, 5.74) is 2.32. The Labute approximate surface area is 204 Å². The van der Waals surface area contributed by atoms with Crippen LogP contribution in [-0.2, 0) is 16.1 Å². The van der Waals surface area contributed by atoms with E-state index in [1.807, 2.05) is 31.2 Å². The second kappa shape index (κ2) is 9.56. The molecular weight excluding hydrogens is 502 g/mol. The van der Waals surface area contributed by atoms with Crippen molar-refractivity contribution in [1.82, 2.24) is 4.90 Å². The minimum Gasteiger partial charge on any atom is -0.322 e. The third kappa shape index (κ3) is 4.74. The van der Waals surface area contributed by atoms with Gasteiger partial charge in [0.05, 0.1) is 17.0 Å². The lowest BCUT2D eigenvalue weighted by Crippen LogP contribution is -2.45. The number of aryl methyl sites for hydroxylation is 1. The summed E-state index contributed by atoms with van der Waals surface area (Å²) in [6.45, 7) is 2.05. The number of amides is 3. The van der Waals surface area contributed by atoms with Crippen LogP contribution < -0.4 is 4.90 Å². The van der Waals surface area contributed by atoms with E-state index in [9.17, 15) is 24.5 Å². The zero-order valence-electron chi connectivity index (χ0n) is 18.2. The van der Waals surface area contributed by atoms with E-state index in [0.29, 0.717) is 5.69 Å². The van der Waals surface area contributed by atoms with Gasteiger partial charge in [0.1, 0.15) is 6.04 Å². The smallest absolute Gasteiger partial charge is 0.269 e. The molecule has 3 aromatic rings. The number of carbonyl (C=O) groups is 3. The number of carbonyl (C=O) groups excluding carboxylic acids is 3. The molecule has 0 saturated carbocycles. The van der Waals surface area contributed by atoms with Gasteiger partial charge >= 0.3 is 0 Å². The van der Waals surface area contributed by atoms with Gasteiger partial charge in [-0.1, -0.05) is 45.8 Å². The Balaban J connectivity index is 1.68. The number of halogens is 1. The van der Waals surface area contributed by atoms with Gasteiger partial charge in [0.2, 0.25) is 5.91 Å². The summed E-state index contributed by atoms with van der Waals surface area (Å²) in [5, 5.41) is 11.0. The number of nitro groups is 1. The lowest BCUT2D eigenvalue weighted by Gasteiger charge is -2.28. The van der Waals surface area contributed by atoms with Crippen molar-refractivity contribution >= 4 is 45.0 Å². The Kier molecular flexibility index (Phi) is 6.56. The van der Waals surface area contributed by atoms with Crippen molar-refractivity contribution in [3.63, 3.8) is 0 Å². The molecule has 1 fully saturated rings. The summed E-state index contributed by atoms with van der Waals surface area (Å²) in [6, 6.07) is 18.5. The molecule has 1 aliphatic rings. The zero-order valence-corrected chi connectivity index (χ0v) is 19.8. The number of anilines is 1. The monoisotopic (exact) mass is 521 g/mol. The highest BCUT2D eigenvalue weighted by atomic mass is 79.9. The van der Waals surface area contributed by atoms with E-state index in [-0.39, 0.29) is 24.2 Å². The number of hydrogen-bond donors (Lipinski definition) is 0. The van der Waals surface area contributed by atoms with Gasteiger partial charge in [0.25, 0.3) is 17.5 Å². The summed E-state index contributed by atoms with van der Waals surface area (Å²) < 4.78 is 0.807.